The van der Waals surface area contributed by atoms with Gasteiger partial charge >= 0.3 is 5.97 Å². The van der Waals surface area contributed by atoms with Crippen molar-refractivity contribution in [1.82, 2.24) is 4.31 Å². The van der Waals surface area contributed by atoms with E-state index in [-0.39, 0.29) is 42.4 Å². The molecule has 0 unspecified atom stereocenters. The summed E-state index contributed by atoms with van der Waals surface area (Å²) in [6, 6.07) is 7.87. The number of carbonyl (C=O) groups is 2. The van der Waals surface area contributed by atoms with Gasteiger partial charge in [-0.05, 0) is 56.5 Å². The van der Waals surface area contributed by atoms with E-state index >= 15 is 0 Å². The molecule has 1 aromatic carbocycles. The Balaban J connectivity index is 1.61. The first kappa shape index (κ1) is 22.3. The molecule has 10 heteroatoms. The van der Waals surface area contributed by atoms with Crippen LogP contribution in [0.3, 0.4) is 0 Å². The third-order valence-electron chi connectivity index (χ3n) is 4.86. The smallest absolute Gasteiger partial charge is 0.374 e. The molecule has 162 valence electrons. The maximum atomic E-state index is 12.8. The van der Waals surface area contributed by atoms with Crippen LogP contribution in [0, 0.1) is 12.8 Å². The lowest BCUT2D eigenvalue weighted by molar-refractivity contribution is -0.120. The number of benzene rings is 1. The van der Waals surface area contributed by atoms with Crippen molar-refractivity contribution in [2.45, 2.75) is 31.8 Å². The van der Waals surface area contributed by atoms with Gasteiger partial charge in [0.25, 0.3) is 10.0 Å². The molecule has 0 spiro atoms. The molecule has 0 bridgehead atoms. The Kier molecular flexibility index (Phi) is 6.84. The van der Waals surface area contributed by atoms with Crippen LogP contribution in [0.25, 0.3) is 0 Å². The Morgan fingerprint density at radius 3 is 2.57 bits per heavy atom. The molecule has 1 saturated heterocycles. The lowest BCUT2D eigenvalue weighted by Crippen LogP contribution is -2.41. The number of hydrogen-bond donors (Lipinski definition) is 1. The van der Waals surface area contributed by atoms with Crippen LogP contribution in [-0.4, -0.2) is 44.3 Å². The first-order chi connectivity index (χ1) is 14.2. The van der Waals surface area contributed by atoms with Crippen LogP contribution in [0.4, 0.5) is 5.69 Å². The van der Waals surface area contributed by atoms with Crippen molar-refractivity contribution in [3.8, 4) is 0 Å². The van der Waals surface area contributed by atoms with Crippen LogP contribution in [0.2, 0.25) is 5.02 Å². The van der Waals surface area contributed by atoms with E-state index in [1.54, 1.807) is 19.1 Å². The number of carbonyl (C=O) groups excluding carboxylic acids is 2. The predicted octanol–water partition coefficient (Wildman–Crippen LogP) is 3.46. The highest BCUT2D eigenvalue weighted by Gasteiger charge is 2.34. The van der Waals surface area contributed by atoms with Gasteiger partial charge in [-0.2, -0.15) is 4.31 Å². The van der Waals surface area contributed by atoms with Crippen LogP contribution in [0.5, 0.6) is 0 Å². The Morgan fingerprint density at radius 1 is 1.23 bits per heavy atom. The molecule has 3 rings (SSSR count). The number of anilines is 1. The largest absolute Gasteiger partial charge is 0.460 e. The molecule has 1 aliphatic heterocycles. The van der Waals surface area contributed by atoms with Gasteiger partial charge in [-0.3, -0.25) is 4.79 Å². The second-order valence-electron chi connectivity index (χ2n) is 6.99. The summed E-state index contributed by atoms with van der Waals surface area (Å²) in [6.45, 7) is 4.04. The molecule has 1 N–H and O–H groups in total. The van der Waals surface area contributed by atoms with Crippen molar-refractivity contribution in [2.24, 2.45) is 5.92 Å². The van der Waals surface area contributed by atoms with E-state index < -0.39 is 16.0 Å². The van der Waals surface area contributed by atoms with Crippen LogP contribution in [0.15, 0.2) is 39.8 Å². The Bertz CT molecular complexity index is 1040. The highest BCUT2D eigenvalue weighted by atomic mass is 35.5. The highest BCUT2D eigenvalue weighted by molar-refractivity contribution is 7.89. The maximum absolute atomic E-state index is 12.8. The average molecular weight is 455 g/mol. The number of esters is 1. The van der Waals surface area contributed by atoms with Gasteiger partial charge in [0.2, 0.25) is 16.8 Å². The first-order valence-corrected chi connectivity index (χ1v) is 11.4. The number of nitrogens with zero attached hydrogens (tertiary/aromatic N) is 1. The zero-order valence-corrected chi connectivity index (χ0v) is 18.3. The summed E-state index contributed by atoms with van der Waals surface area (Å²) in [4.78, 5) is 24.3. The molecule has 1 amide bonds. The van der Waals surface area contributed by atoms with E-state index in [4.69, 9.17) is 20.8 Å². The second-order valence-corrected chi connectivity index (χ2v) is 9.27. The van der Waals surface area contributed by atoms with E-state index in [9.17, 15) is 18.0 Å². The molecule has 1 fully saturated rings. The second kappa shape index (κ2) is 9.20. The summed E-state index contributed by atoms with van der Waals surface area (Å²) < 4.78 is 36.8. The Morgan fingerprint density at radius 2 is 1.93 bits per heavy atom. The van der Waals surface area contributed by atoms with E-state index in [1.807, 2.05) is 13.0 Å². The van der Waals surface area contributed by atoms with Crippen molar-refractivity contribution >= 4 is 39.2 Å². The van der Waals surface area contributed by atoms with Gasteiger partial charge < -0.3 is 14.5 Å². The number of halogens is 1. The molecule has 0 atom stereocenters. The van der Waals surface area contributed by atoms with Crippen molar-refractivity contribution in [3.63, 3.8) is 0 Å². The normalized spacial score (nSPS) is 15.7. The van der Waals surface area contributed by atoms with E-state index in [2.05, 4.69) is 5.32 Å². The highest BCUT2D eigenvalue weighted by Crippen LogP contribution is 2.28. The van der Waals surface area contributed by atoms with Crippen molar-refractivity contribution < 1.29 is 27.2 Å². The zero-order valence-electron chi connectivity index (χ0n) is 16.7. The molecule has 2 aromatic rings. The number of nitrogens with one attached hydrogen (secondary N) is 1. The van der Waals surface area contributed by atoms with E-state index in [0.717, 1.165) is 5.56 Å². The number of amides is 1. The molecule has 8 nitrogen and oxygen atoms in total. The standard InChI is InChI=1S/C20H23ClN2O6S/c1-3-28-20(25)17-6-7-18(29-17)30(26,27)23-10-8-14(9-11-23)19(24)22-16-5-4-13(2)12-15(16)21/h4-7,12,14H,3,8-11H2,1-2H3,(H,22,24). The molecule has 0 aliphatic carbocycles. The molecule has 0 saturated carbocycles. The van der Waals surface area contributed by atoms with Gasteiger partial charge in [0, 0.05) is 19.0 Å². The molecular formula is C20H23ClN2O6S. The molecule has 1 aromatic heterocycles. The first-order valence-electron chi connectivity index (χ1n) is 9.56. The van der Waals surface area contributed by atoms with Crippen molar-refractivity contribution in [2.75, 3.05) is 25.0 Å². The Hall–Kier alpha value is -2.36. The molecule has 0 radical (unpaired) electrons. The SMILES string of the molecule is CCOC(=O)c1ccc(S(=O)(=O)N2CCC(C(=O)Nc3ccc(C)cc3Cl)CC2)o1. The predicted molar refractivity (Wildman–Crippen MR) is 111 cm³/mol. The fourth-order valence-electron chi connectivity index (χ4n) is 3.21. The molecular weight excluding hydrogens is 432 g/mol. The van der Waals surface area contributed by atoms with Crippen LogP contribution >= 0.6 is 11.6 Å². The average Bonchev–Trinajstić information content (AvgIpc) is 3.22. The van der Waals surface area contributed by atoms with Gasteiger partial charge in [-0.1, -0.05) is 17.7 Å². The molecule has 1 aliphatic rings. The number of aryl methyl sites for hydroxylation is 1. The lowest BCUT2D eigenvalue weighted by Gasteiger charge is -2.29. The van der Waals surface area contributed by atoms with Crippen LogP contribution in [-0.2, 0) is 19.6 Å². The minimum Gasteiger partial charge on any atom is -0.460 e. The summed E-state index contributed by atoms with van der Waals surface area (Å²) in [5.41, 5.74) is 1.52. The monoisotopic (exact) mass is 454 g/mol. The van der Waals surface area contributed by atoms with Crippen LogP contribution in [0.1, 0.15) is 35.9 Å². The van der Waals surface area contributed by atoms with Gasteiger partial charge in [0.05, 0.1) is 17.3 Å². The maximum Gasteiger partial charge on any atom is 0.374 e. The summed E-state index contributed by atoms with van der Waals surface area (Å²) in [5, 5.41) is 2.95. The van der Waals surface area contributed by atoms with Crippen molar-refractivity contribution in [3.05, 3.63) is 46.7 Å². The van der Waals surface area contributed by atoms with Gasteiger partial charge in [-0.25, -0.2) is 13.2 Å². The summed E-state index contributed by atoms with van der Waals surface area (Å²) >= 11 is 6.16. The minimum atomic E-state index is -3.90. The Labute approximate surface area is 180 Å². The summed E-state index contributed by atoms with van der Waals surface area (Å²) in [7, 11) is -3.90. The van der Waals surface area contributed by atoms with E-state index in [1.165, 1.54) is 16.4 Å². The summed E-state index contributed by atoms with van der Waals surface area (Å²) in [5.74, 6) is -1.41. The third-order valence-corrected chi connectivity index (χ3v) is 6.94. The van der Waals surface area contributed by atoms with Crippen LogP contribution < -0.4 is 5.32 Å². The third kappa shape index (κ3) is 4.85. The van der Waals surface area contributed by atoms with Crippen molar-refractivity contribution in [1.29, 1.82) is 0 Å². The number of sulfonamides is 1. The summed E-state index contributed by atoms with van der Waals surface area (Å²) in [6.07, 6.45) is 0.722. The minimum absolute atomic E-state index is 0.158. The molecule has 30 heavy (non-hydrogen) atoms. The number of hydrogen-bond acceptors (Lipinski definition) is 6. The quantitative estimate of drug-likeness (QED) is 0.670. The van der Waals surface area contributed by atoms with E-state index in [0.29, 0.717) is 23.6 Å². The lowest BCUT2D eigenvalue weighted by atomic mass is 9.97. The fourth-order valence-corrected chi connectivity index (χ4v) is 4.88. The van der Waals surface area contributed by atoms with Gasteiger partial charge in [0.15, 0.2) is 0 Å². The number of furan rings is 1. The molecule has 2 heterocycles. The topological polar surface area (TPSA) is 106 Å². The number of ether oxygens (including phenoxy) is 1. The zero-order chi connectivity index (χ0) is 21.9. The fraction of sp³-hybridized carbons (Fsp3) is 0.400. The van der Waals surface area contributed by atoms with Gasteiger partial charge in [-0.15, -0.1) is 0 Å². The number of rotatable bonds is 6. The number of piperidine rings is 1. The van der Waals surface area contributed by atoms with Gasteiger partial charge in [0.1, 0.15) is 0 Å².